The summed E-state index contributed by atoms with van der Waals surface area (Å²) in [5.41, 5.74) is 6.48. The second-order valence-corrected chi connectivity index (χ2v) is 6.35. The van der Waals surface area contributed by atoms with E-state index in [-0.39, 0.29) is 0 Å². The first kappa shape index (κ1) is 17.0. The highest BCUT2D eigenvalue weighted by atomic mass is 15.1. The Labute approximate surface area is 151 Å². The van der Waals surface area contributed by atoms with Crippen LogP contribution in [-0.2, 0) is 13.0 Å². The number of nitrogens with zero attached hydrogens (tertiary/aromatic N) is 1. The zero-order valence-electron chi connectivity index (χ0n) is 14.9. The van der Waals surface area contributed by atoms with E-state index in [9.17, 15) is 0 Å². The molecule has 0 unspecified atom stereocenters. The van der Waals surface area contributed by atoms with E-state index in [0.29, 0.717) is 0 Å². The van der Waals surface area contributed by atoms with Crippen molar-refractivity contribution in [1.29, 1.82) is 0 Å². The molecule has 1 heteroatoms. The van der Waals surface area contributed by atoms with Gasteiger partial charge in [-0.3, -0.25) is 0 Å². The molecule has 0 aliphatic heterocycles. The number of aryl methyl sites for hydroxylation is 2. The Morgan fingerprint density at radius 1 is 0.760 bits per heavy atom. The minimum absolute atomic E-state index is 0.861. The molecule has 0 heterocycles. The van der Waals surface area contributed by atoms with Crippen molar-refractivity contribution in [3.8, 4) is 0 Å². The second kappa shape index (κ2) is 8.34. The van der Waals surface area contributed by atoms with Crippen LogP contribution in [0.4, 0.5) is 11.4 Å². The van der Waals surface area contributed by atoms with Gasteiger partial charge in [-0.1, -0.05) is 66.2 Å². The summed E-state index contributed by atoms with van der Waals surface area (Å²) in [4.78, 5) is 2.38. The summed E-state index contributed by atoms with van der Waals surface area (Å²) >= 11 is 0. The largest absolute Gasteiger partial charge is 0.337 e. The van der Waals surface area contributed by atoms with Crippen LogP contribution in [0.3, 0.4) is 0 Å². The number of benzene rings is 3. The molecule has 126 valence electrons. The third kappa shape index (κ3) is 4.39. The van der Waals surface area contributed by atoms with Crippen LogP contribution >= 0.6 is 0 Å². The first-order valence-electron chi connectivity index (χ1n) is 8.85. The van der Waals surface area contributed by atoms with Gasteiger partial charge in [0.1, 0.15) is 0 Å². The molecule has 25 heavy (non-hydrogen) atoms. The maximum Gasteiger partial charge on any atom is 0.0484 e. The third-order valence-electron chi connectivity index (χ3n) is 4.48. The molecular weight excluding hydrogens is 302 g/mol. The van der Waals surface area contributed by atoms with Crippen LogP contribution in [-0.4, -0.2) is 0 Å². The summed E-state index contributed by atoms with van der Waals surface area (Å²) in [5.74, 6) is 0. The lowest BCUT2D eigenvalue weighted by Crippen LogP contribution is -2.17. The molecule has 0 fully saturated rings. The van der Waals surface area contributed by atoms with E-state index in [4.69, 9.17) is 0 Å². The van der Waals surface area contributed by atoms with E-state index in [2.05, 4.69) is 97.3 Å². The van der Waals surface area contributed by atoms with Gasteiger partial charge in [-0.05, 0) is 55.2 Å². The highest BCUT2D eigenvalue weighted by Gasteiger charge is 2.12. The predicted molar refractivity (Wildman–Crippen MR) is 108 cm³/mol. The van der Waals surface area contributed by atoms with Crippen molar-refractivity contribution in [2.24, 2.45) is 0 Å². The molecule has 3 rings (SSSR count). The highest BCUT2D eigenvalue weighted by Crippen LogP contribution is 2.28. The van der Waals surface area contributed by atoms with Gasteiger partial charge in [-0.2, -0.15) is 0 Å². The van der Waals surface area contributed by atoms with Crippen LogP contribution in [0.5, 0.6) is 0 Å². The Hall–Kier alpha value is -2.80. The average Bonchev–Trinajstić information content (AvgIpc) is 2.67. The number of rotatable bonds is 7. The first-order valence-corrected chi connectivity index (χ1v) is 8.85. The van der Waals surface area contributed by atoms with Crippen molar-refractivity contribution in [2.75, 3.05) is 4.90 Å². The molecule has 0 saturated carbocycles. The van der Waals surface area contributed by atoms with E-state index in [1.165, 1.54) is 28.1 Å². The molecule has 0 bridgehead atoms. The van der Waals surface area contributed by atoms with Crippen molar-refractivity contribution in [3.05, 3.63) is 108 Å². The molecule has 0 amide bonds. The van der Waals surface area contributed by atoms with Gasteiger partial charge >= 0.3 is 0 Å². The van der Waals surface area contributed by atoms with Crippen LogP contribution in [0.2, 0.25) is 0 Å². The van der Waals surface area contributed by atoms with Crippen LogP contribution in [0.25, 0.3) is 0 Å². The molecule has 0 aliphatic carbocycles. The number of anilines is 2. The summed E-state index contributed by atoms with van der Waals surface area (Å²) in [6, 6.07) is 28.1. The lowest BCUT2D eigenvalue weighted by molar-refractivity contribution is 0.917. The number of allylic oxidation sites excluding steroid dienone is 1. The number of hydrogen-bond acceptors (Lipinski definition) is 1. The van der Waals surface area contributed by atoms with Gasteiger partial charge in [0.2, 0.25) is 0 Å². The van der Waals surface area contributed by atoms with E-state index < -0.39 is 0 Å². The smallest absolute Gasteiger partial charge is 0.0484 e. The number of para-hydroxylation sites is 1. The van der Waals surface area contributed by atoms with Crippen LogP contribution in [0.15, 0.2) is 91.5 Å². The minimum Gasteiger partial charge on any atom is -0.337 e. The summed E-state index contributed by atoms with van der Waals surface area (Å²) in [6.07, 6.45) is 4.04. The fourth-order valence-corrected chi connectivity index (χ4v) is 3.05. The summed E-state index contributed by atoms with van der Waals surface area (Å²) in [6.45, 7) is 6.85. The Morgan fingerprint density at radius 2 is 1.36 bits per heavy atom. The van der Waals surface area contributed by atoms with Crippen molar-refractivity contribution in [1.82, 2.24) is 0 Å². The minimum atomic E-state index is 0.861. The van der Waals surface area contributed by atoms with Crippen LogP contribution in [0, 0.1) is 6.92 Å². The molecule has 0 radical (unpaired) electrons. The van der Waals surface area contributed by atoms with Crippen LogP contribution < -0.4 is 4.90 Å². The zero-order chi connectivity index (χ0) is 17.5. The lowest BCUT2D eigenvalue weighted by atomic mass is 10.0. The van der Waals surface area contributed by atoms with E-state index in [1.807, 2.05) is 6.08 Å². The van der Waals surface area contributed by atoms with Gasteiger partial charge in [0, 0.05) is 17.9 Å². The Balaban J connectivity index is 1.96. The van der Waals surface area contributed by atoms with Crippen molar-refractivity contribution in [2.45, 2.75) is 26.3 Å². The molecule has 0 atom stereocenters. The average molecular weight is 327 g/mol. The summed E-state index contributed by atoms with van der Waals surface area (Å²) in [7, 11) is 0. The topological polar surface area (TPSA) is 3.24 Å². The Kier molecular flexibility index (Phi) is 5.69. The first-order chi connectivity index (χ1) is 12.3. The quantitative estimate of drug-likeness (QED) is 0.451. The molecule has 1 nitrogen and oxygen atoms in total. The normalized spacial score (nSPS) is 10.4. The molecule has 0 saturated heterocycles. The SMILES string of the molecule is C=CCCc1ccccc1CN(c1ccccc1)c1ccc(C)cc1. The zero-order valence-corrected chi connectivity index (χ0v) is 14.9. The molecule has 3 aromatic rings. The van der Waals surface area contributed by atoms with Gasteiger partial charge in [0.05, 0.1) is 0 Å². The van der Waals surface area contributed by atoms with Gasteiger partial charge in [0.25, 0.3) is 0 Å². The van der Waals surface area contributed by atoms with Gasteiger partial charge in [-0.15, -0.1) is 6.58 Å². The molecule has 0 aromatic heterocycles. The molecule has 0 N–H and O–H groups in total. The van der Waals surface area contributed by atoms with Gasteiger partial charge in [-0.25, -0.2) is 0 Å². The molecular formula is C24H25N. The highest BCUT2D eigenvalue weighted by molar-refractivity contribution is 5.63. The maximum absolute atomic E-state index is 3.86. The Morgan fingerprint density at radius 3 is 2.04 bits per heavy atom. The summed E-state index contributed by atoms with van der Waals surface area (Å²) in [5, 5.41) is 0. The molecule has 3 aromatic carbocycles. The Bertz CT molecular complexity index is 803. The molecule has 0 spiro atoms. The standard InChI is InChI=1S/C24H25N/c1-3-4-10-21-11-8-9-12-22(21)19-25(23-13-6-5-7-14-23)24-17-15-20(2)16-18-24/h3,5-9,11-18H,1,4,10,19H2,2H3. The van der Waals surface area contributed by atoms with E-state index >= 15 is 0 Å². The van der Waals surface area contributed by atoms with Crippen molar-refractivity contribution < 1.29 is 0 Å². The monoisotopic (exact) mass is 327 g/mol. The van der Waals surface area contributed by atoms with Gasteiger partial charge < -0.3 is 4.90 Å². The van der Waals surface area contributed by atoms with Gasteiger partial charge in [0.15, 0.2) is 0 Å². The third-order valence-corrected chi connectivity index (χ3v) is 4.48. The fourth-order valence-electron chi connectivity index (χ4n) is 3.05. The van der Waals surface area contributed by atoms with Crippen molar-refractivity contribution in [3.63, 3.8) is 0 Å². The number of hydrogen-bond donors (Lipinski definition) is 0. The fraction of sp³-hybridized carbons (Fsp3) is 0.167. The maximum atomic E-state index is 3.86. The van der Waals surface area contributed by atoms with Crippen molar-refractivity contribution >= 4 is 11.4 Å². The summed E-state index contributed by atoms with van der Waals surface area (Å²) < 4.78 is 0. The lowest BCUT2D eigenvalue weighted by Gasteiger charge is -2.26. The molecule has 0 aliphatic rings. The van der Waals surface area contributed by atoms with E-state index in [0.717, 1.165) is 19.4 Å². The predicted octanol–water partition coefficient (Wildman–Crippen LogP) is 6.45. The van der Waals surface area contributed by atoms with E-state index in [1.54, 1.807) is 0 Å². The second-order valence-electron chi connectivity index (χ2n) is 6.35. The van der Waals surface area contributed by atoms with Crippen LogP contribution in [0.1, 0.15) is 23.1 Å².